The zero-order chi connectivity index (χ0) is 13.8. The number of hydrogen-bond acceptors (Lipinski definition) is 3. The van der Waals surface area contributed by atoms with E-state index in [-0.39, 0.29) is 0 Å². The molecule has 0 saturated carbocycles. The molecular formula is C15H23ClN2O. The van der Waals surface area contributed by atoms with E-state index in [1.165, 1.54) is 5.56 Å². The number of benzene rings is 1. The van der Waals surface area contributed by atoms with E-state index in [2.05, 4.69) is 24.1 Å². The van der Waals surface area contributed by atoms with E-state index >= 15 is 0 Å². The maximum Gasteiger partial charge on any atom is 0.123 e. The average molecular weight is 283 g/mol. The van der Waals surface area contributed by atoms with E-state index in [9.17, 15) is 0 Å². The molecule has 0 radical (unpaired) electrons. The van der Waals surface area contributed by atoms with E-state index in [1.807, 2.05) is 18.2 Å². The van der Waals surface area contributed by atoms with Crippen molar-refractivity contribution in [2.45, 2.75) is 38.9 Å². The molecule has 0 spiro atoms. The number of hydrogen-bond donors (Lipinski definition) is 1. The fraction of sp³-hybridized carbons (Fsp3) is 0.600. The van der Waals surface area contributed by atoms with Crippen LogP contribution in [0.5, 0.6) is 5.75 Å². The normalized spacial score (nSPS) is 24.4. The largest absolute Gasteiger partial charge is 0.496 e. The maximum absolute atomic E-state index is 6.10. The van der Waals surface area contributed by atoms with Crippen molar-refractivity contribution in [3.8, 4) is 5.75 Å². The Morgan fingerprint density at radius 2 is 2.26 bits per heavy atom. The molecule has 19 heavy (non-hydrogen) atoms. The first-order valence-corrected chi connectivity index (χ1v) is 7.31. The molecule has 1 fully saturated rings. The fourth-order valence-corrected chi connectivity index (χ4v) is 2.77. The van der Waals surface area contributed by atoms with Crippen molar-refractivity contribution in [2.24, 2.45) is 0 Å². The lowest BCUT2D eigenvalue weighted by atomic mass is 10.1. The quantitative estimate of drug-likeness (QED) is 0.919. The van der Waals surface area contributed by atoms with Crippen LogP contribution < -0.4 is 10.1 Å². The van der Waals surface area contributed by atoms with Crippen molar-refractivity contribution in [1.82, 2.24) is 10.2 Å². The van der Waals surface area contributed by atoms with Crippen molar-refractivity contribution < 1.29 is 4.74 Å². The molecular weight excluding hydrogens is 260 g/mol. The van der Waals surface area contributed by atoms with Gasteiger partial charge < -0.3 is 10.1 Å². The van der Waals surface area contributed by atoms with Crippen LogP contribution in [0.3, 0.4) is 0 Å². The molecule has 1 heterocycles. The van der Waals surface area contributed by atoms with Gasteiger partial charge in [0.25, 0.3) is 0 Å². The van der Waals surface area contributed by atoms with Crippen molar-refractivity contribution in [3.05, 3.63) is 28.8 Å². The molecule has 1 saturated heterocycles. The number of nitrogens with zero attached hydrogens (tertiary/aromatic N) is 1. The summed E-state index contributed by atoms with van der Waals surface area (Å²) < 4.78 is 5.43. The standard InChI is InChI=1S/C15H23ClN2O/c1-4-14-10-18(11(2)8-17-14)9-12-7-13(16)5-6-15(12)19-3/h5-7,11,14,17H,4,8-10H2,1-3H3. The molecule has 106 valence electrons. The minimum absolute atomic E-state index is 0.534. The van der Waals surface area contributed by atoms with Crippen LogP contribution in [0.4, 0.5) is 0 Å². The molecule has 0 aliphatic carbocycles. The first-order chi connectivity index (χ1) is 9.13. The fourth-order valence-electron chi connectivity index (χ4n) is 2.58. The number of methoxy groups -OCH3 is 1. The van der Waals surface area contributed by atoms with Gasteiger partial charge in [0, 0.05) is 42.3 Å². The Labute approximate surface area is 120 Å². The smallest absolute Gasteiger partial charge is 0.123 e. The zero-order valence-corrected chi connectivity index (χ0v) is 12.7. The van der Waals surface area contributed by atoms with Crippen molar-refractivity contribution in [2.75, 3.05) is 20.2 Å². The lowest BCUT2D eigenvalue weighted by Crippen LogP contribution is -2.54. The van der Waals surface area contributed by atoms with Crippen LogP contribution in [-0.2, 0) is 6.54 Å². The summed E-state index contributed by atoms with van der Waals surface area (Å²) in [7, 11) is 1.71. The molecule has 0 amide bonds. The Morgan fingerprint density at radius 3 is 2.95 bits per heavy atom. The highest BCUT2D eigenvalue weighted by atomic mass is 35.5. The summed E-state index contributed by atoms with van der Waals surface area (Å²) in [5.41, 5.74) is 1.17. The summed E-state index contributed by atoms with van der Waals surface area (Å²) in [6, 6.07) is 6.95. The molecule has 2 rings (SSSR count). The molecule has 1 aliphatic rings. The maximum atomic E-state index is 6.10. The Balaban J connectivity index is 2.12. The second-order valence-electron chi connectivity index (χ2n) is 5.25. The highest BCUT2D eigenvalue weighted by Crippen LogP contribution is 2.25. The van der Waals surface area contributed by atoms with Crippen LogP contribution in [-0.4, -0.2) is 37.2 Å². The molecule has 1 aliphatic heterocycles. The van der Waals surface area contributed by atoms with Crippen LogP contribution in [0.15, 0.2) is 18.2 Å². The molecule has 1 aromatic carbocycles. The number of piperazine rings is 1. The number of ether oxygens (including phenoxy) is 1. The summed E-state index contributed by atoms with van der Waals surface area (Å²) in [6.07, 6.45) is 1.16. The highest BCUT2D eigenvalue weighted by molar-refractivity contribution is 6.30. The van der Waals surface area contributed by atoms with Gasteiger partial charge in [-0.25, -0.2) is 0 Å². The molecule has 3 nitrogen and oxygen atoms in total. The summed E-state index contributed by atoms with van der Waals surface area (Å²) in [5, 5.41) is 4.34. The molecule has 1 aromatic rings. The van der Waals surface area contributed by atoms with Gasteiger partial charge in [-0.05, 0) is 31.5 Å². The van der Waals surface area contributed by atoms with Crippen LogP contribution in [0, 0.1) is 0 Å². The molecule has 2 unspecified atom stereocenters. The average Bonchev–Trinajstić information content (AvgIpc) is 2.41. The first kappa shape index (κ1) is 14.6. The topological polar surface area (TPSA) is 24.5 Å². The van der Waals surface area contributed by atoms with Crippen molar-refractivity contribution >= 4 is 11.6 Å². The van der Waals surface area contributed by atoms with Gasteiger partial charge in [-0.2, -0.15) is 0 Å². The van der Waals surface area contributed by atoms with E-state index in [1.54, 1.807) is 7.11 Å². The third-order valence-electron chi connectivity index (χ3n) is 3.89. The molecule has 0 aromatic heterocycles. The zero-order valence-electron chi connectivity index (χ0n) is 11.9. The second kappa shape index (κ2) is 6.60. The Morgan fingerprint density at radius 1 is 1.47 bits per heavy atom. The van der Waals surface area contributed by atoms with E-state index in [4.69, 9.17) is 16.3 Å². The Bertz CT molecular complexity index is 425. The van der Waals surface area contributed by atoms with Gasteiger partial charge in [-0.15, -0.1) is 0 Å². The van der Waals surface area contributed by atoms with E-state index < -0.39 is 0 Å². The van der Waals surface area contributed by atoms with Crippen LogP contribution in [0.1, 0.15) is 25.8 Å². The SMILES string of the molecule is CCC1CN(Cc2cc(Cl)ccc2OC)C(C)CN1. The minimum atomic E-state index is 0.534. The van der Waals surface area contributed by atoms with Gasteiger partial charge in [0.2, 0.25) is 0 Å². The van der Waals surface area contributed by atoms with Crippen molar-refractivity contribution in [1.29, 1.82) is 0 Å². The lowest BCUT2D eigenvalue weighted by molar-refractivity contribution is 0.130. The molecule has 1 N–H and O–H groups in total. The summed E-state index contributed by atoms with van der Waals surface area (Å²) in [5.74, 6) is 0.920. The van der Waals surface area contributed by atoms with Gasteiger partial charge in [0.05, 0.1) is 7.11 Å². The van der Waals surface area contributed by atoms with Crippen LogP contribution >= 0.6 is 11.6 Å². The Kier molecular flexibility index (Phi) is 5.08. The first-order valence-electron chi connectivity index (χ1n) is 6.94. The summed E-state index contributed by atoms with van der Waals surface area (Å²) >= 11 is 6.10. The molecule has 2 atom stereocenters. The van der Waals surface area contributed by atoms with Gasteiger partial charge >= 0.3 is 0 Å². The highest BCUT2D eigenvalue weighted by Gasteiger charge is 2.24. The Hall–Kier alpha value is -0.770. The molecule has 0 bridgehead atoms. The third kappa shape index (κ3) is 3.62. The predicted molar refractivity (Wildman–Crippen MR) is 80.0 cm³/mol. The van der Waals surface area contributed by atoms with Gasteiger partial charge in [-0.3, -0.25) is 4.90 Å². The third-order valence-corrected chi connectivity index (χ3v) is 4.12. The predicted octanol–water partition coefficient (Wildman–Crippen LogP) is 2.92. The monoisotopic (exact) mass is 282 g/mol. The van der Waals surface area contributed by atoms with Gasteiger partial charge in [-0.1, -0.05) is 18.5 Å². The van der Waals surface area contributed by atoms with Crippen LogP contribution in [0.25, 0.3) is 0 Å². The number of halogens is 1. The summed E-state index contributed by atoms with van der Waals surface area (Å²) in [6.45, 7) is 7.50. The second-order valence-corrected chi connectivity index (χ2v) is 5.68. The van der Waals surface area contributed by atoms with Crippen molar-refractivity contribution in [3.63, 3.8) is 0 Å². The number of nitrogens with one attached hydrogen (secondary N) is 1. The minimum Gasteiger partial charge on any atom is -0.496 e. The summed E-state index contributed by atoms with van der Waals surface area (Å²) in [4.78, 5) is 2.50. The molecule has 4 heteroatoms. The number of rotatable bonds is 4. The van der Waals surface area contributed by atoms with E-state index in [0.717, 1.165) is 36.8 Å². The van der Waals surface area contributed by atoms with Crippen LogP contribution in [0.2, 0.25) is 5.02 Å². The van der Waals surface area contributed by atoms with Gasteiger partial charge in [0.15, 0.2) is 0 Å². The van der Waals surface area contributed by atoms with Gasteiger partial charge in [0.1, 0.15) is 5.75 Å². The van der Waals surface area contributed by atoms with E-state index in [0.29, 0.717) is 12.1 Å². The lowest BCUT2D eigenvalue weighted by Gasteiger charge is -2.38.